The van der Waals surface area contributed by atoms with Gasteiger partial charge < -0.3 is 5.73 Å². The zero-order chi connectivity index (χ0) is 12.3. The normalized spacial score (nSPS) is 11.8. The third-order valence-corrected chi connectivity index (χ3v) is 2.87. The lowest BCUT2D eigenvalue weighted by atomic mass is 9.89. The molecule has 0 radical (unpaired) electrons. The van der Waals surface area contributed by atoms with Crippen molar-refractivity contribution in [2.24, 2.45) is 0 Å². The smallest absolute Gasteiger partial charge is 0.0965 e. The minimum Gasteiger partial charge on any atom is -0.399 e. The van der Waals surface area contributed by atoms with Gasteiger partial charge in [-0.3, -0.25) is 0 Å². The van der Waals surface area contributed by atoms with Crippen LogP contribution < -0.4 is 5.73 Å². The highest BCUT2D eigenvalue weighted by Crippen LogP contribution is 2.27. The molecule has 0 spiro atoms. The molecule has 2 aromatic carbocycles. The Balaban J connectivity index is 2.47. The van der Waals surface area contributed by atoms with E-state index in [-0.39, 0.29) is 5.92 Å². The first-order chi connectivity index (χ1) is 8.22. The molecule has 0 aliphatic rings. The number of rotatable bonds is 2. The first kappa shape index (κ1) is 11.2. The van der Waals surface area contributed by atoms with Crippen molar-refractivity contribution in [2.45, 2.75) is 12.8 Å². The van der Waals surface area contributed by atoms with E-state index < -0.39 is 0 Å². The Morgan fingerprint density at radius 1 is 1.12 bits per heavy atom. The summed E-state index contributed by atoms with van der Waals surface area (Å²) in [6.07, 6.45) is 0. The van der Waals surface area contributed by atoms with Crippen molar-refractivity contribution in [3.8, 4) is 6.07 Å². The summed E-state index contributed by atoms with van der Waals surface area (Å²) in [6, 6.07) is 17.8. The molecule has 0 aromatic heterocycles. The maximum atomic E-state index is 9.35. The van der Waals surface area contributed by atoms with E-state index in [1.54, 1.807) is 0 Å². The molecule has 0 aliphatic heterocycles. The average Bonchev–Trinajstić information content (AvgIpc) is 2.34. The van der Waals surface area contributed by atoms with E-state index in [4.69, 9.17) is 5.73 Å². The van der Waals surface area contributed by atoms with Crippen LogP contribution >= 0.6 is 0 Å². The third-order valence-electron chi connectivity index (χ3n) is 2.87. The van der Waals surface area contributed by atoms with E-state index in [2.05, 4.69) is 6.07 Å². The number of hydrogen-bond donors (Lipinski definition) is 1. The Morgan fingerprint density at radius 2 is 1.82 bits per heavy atom. The number of nitrogens with zero attached hydrogens (tertiary/aromatic N) is 1. The van der Waals surface area contributed by atoms with Crippen molar-refractivity contribution in [1.29, 1.82) is 5.26 Å². The zero-order valence-corrected chi connectivity index (χ0v) is 9.72. The lowest BCUT2D eigenvalue weighted by Gasteiger charge is -2.13. The summed E-state index contributed by atoms with van der Waals surface area (Å²) < 4.78 is 0. The molecular formula is C15H14N2. The van der Waals surface area contributed by atoms with Crippen LogP contribution in [0.25, 0.3) is 0 Å². The Kier molecular flexibility index (Phi) is 3.11. The minimum absolute atomic E-state index is 0.225. The molecule has 84 valence electrons. The predicted molar refractivity (Wildman–Crippen MR) is 69.5 cm³/mol. The number of nitriles is 1. The van der Waals surface area contributed by atoms with Crippen molar-refractivity contribution in [3.63, 3.8) is 0 Å². The summed E-state index contributed by atoms with van der Waals surface area (Å²) in [5.41, 5.74) is 9.55. The monoisotopic (exact) mass is 222 g/mol. The van der Waals surface area contributed by atoms with Gasteiger partial charge in [0.15, 0.2) is 0 Å². The fourth-order valence-electron chi connectivity index (χ4n) is 1.99. The summed E-state index contributed by atoms with van der Waals surface area (Å²) in [7, 11) is 0. The second kappa shape index (κ2) is 4.71. The number of anilines is 1. The molecular weight excluding hydrogens is 208 g/mol. The Hall–Kier alpha value is -2.27. The van der Waals surface area contributed by atoms with E-state index >= 15 is 0 Å². The largest absolute Gasteiger partial charge is 0.399 e. The van der Waals surface area contributed by atoms with Crippen LogP contribution in [0.1, 0.15) is 22.6 Å². The van der Waals surface area contributed by atoms with Gasteiger partial charge in [-0.2, -0.15) is 5.26 Å². The van der Waals surface area contributed by atoms with Gasteiger partial charge in [-0.1, -0.05) is 36.4 Å². The maximum Gasteiger partial charge on any atom is 0.0965 e. The quantitative estimate of drug-likeness (QED) is 0.793. The van der Waals surface area contributed by atoms with Gasteiger partial charge in [-0.15, -0.1) is 0 Å². The summed E-state index contributed by atoms with van der Waals surface area (Å²) in [6.45, 7) is 1.99. The Labute approximate surface area is 101 Å². The lowest BCUT2D eigenvalue weighted by Crippen LogP contribution is -2.01. The van der Waals surface area contributed by atoms with Crippen LogP contribution in [-0.4, -0.2) is 0 Å². The number of nitrogen functional groups attached to an aromatic ring is 1. The minimum atomic E-state index is -0.225. The van der Waals surface area contributed by atoms with Gasteiger partial charge in [0.1, 0.15) is 0 Å². The van der Waals surface area contributed by atoms with Gasteiger partial charge in [-0.05, 0) is 35.7 Å². The number of nitrogens with two attached hydrogens (primary N) is 1. The highest BCUT2D eigenvalue weighted by molar-refractivity contribution is 5.49. The van der Waals surface area contributed by atoms with Crippen LogP contribution in [-0.2, 0) is 0 Å². The molecule has 0 saturated carbocycles. The molecule has 2 rings (SSSR count). The standard InChI is InChI=1S/C15H14N2/c1-11-9-13(17)7-8-14(11)15(10-16)12-5-3-2-4-6-12/h2-9,15H,17H2,1H3. The molecule has 0 aliphatic carbocycles. The molecule has 0 bridgehead atoms. The second-order valence-corrected chi connectivity index (χ2v) is 4.09. The van der Waals surface area contributed by atoms with E-state index in [9.17, 15) is 5.26 Å². The number of hydrogen-bond acceptors (Lipinski definition) is 2. The van der Waals surface area contributed by atoms with Gasteiger partial charge in [0.05, 0.1) is 12.0 Å². The Bertz CT molecular complexity index is 553. The van der Waals surface area contributed by atoms with E-state index in [1.165, 1.54) is 0 Å². The third kappa shape index (κ3) is 2.29. The molecule has 2 nitrogen and oxygen atoms in total. The van der Waals surface area contributed by atoms with Gasteiger partial charge in [0.2, 0.25) is 0 Å². The van der Waals surface area contributed by atoms with Gasteiger partial charge in [0, 0.05) is 5.69 Å². The highest BCUT2D eigenvalue weighted by atomic mass is 14.5. The predicted octanol–water partition coefficient (Wildman–Crippen LogP) is 3.23. The van der Waals surface area contributed by atoms with E-state index in [1.807, 2.05) is 55.5 Å². The molecule has 2 aromatic rings. The SMILES string of the molecule is Cc1cc(N)ccc1C(C#N)c1ccccc1. The lowest BCUT2D eigenvalue weighted by molar-refractivity contribution is 1.02. The van der Waals surface area contributed by atoms with Crippen molar-refractivity contribution in [1.82, 2.24) is 0 Å². The van der Waals surface area contributed by atoms with Crippen molar-refractivity contribution in [3.05, 3.63) is 65.2 Å². The molecule has 0 amide bonds. The molecule has 17 heavy (non-hydrogen) atoms. The topological polar surface area (TPSA) is 49.8 Å². The second-order valence-electron chi connectivity index (χ2n) is 4.09. The van der Waals surface area contributed by atoms with Gasteiger partial charge in [-0.25, -0.2) is 0 Å². The molecule has 0 saturated heterocycles. The van der Waals surface area contributed by atoms with Crippen LogP contribution in [0.5, 0.6) is 0 Å². The van der Waals surface area contributed by atoms with Crippen molar-refractivity contribution in [2.75, 3.05) is 5.73 Å². The van der Waals surface area contributed by atoms with E-state index in [0.717, 1.165) is 22.4 Å². The summed E-state index contributed by atoms with van der Waals surface area (Å²) in [5.74, 6) is -0.225. The summed E-state index contributed by atoms with van der Waals surface area (Å²) in [4.78, 5) is 0. The first-order valence-electron chi connectivity index (χ1n) is 5.53. The highest BCUT2D eigenvalue weighted by Gasteiger charge is 2.14. The Morgan fingerprint density at radius 3 is 2.41 bits per heavy atom. The van der Waals surface area contributed by atoms with Crippen molar-refractivity contribution >= 4 is 5.69 Å². The molecule has 0 heterocycles. The average molecular weight is 222 g/mol. The van der Waals surface area contributed by atoms with Gasteiger partial charge >= 0.3 is 0 Å². The molecule has 2 N–H and O–H groups in total. The fraction of sp³-hybridized carbons (Fsp3) is 0.133. The summed E-state index contributed by atoms with van der Waals surface area (Å²) >= 11 is 0. The van der Waals surface area contributed by atoms with Crippen LogP contribution in [0, 0.1) is 18.3 Å². The molecule has 0 fully saturated rings. The van der Waals surface area contributed by atoms with Crippen LogP contribution in [0.15, 0.2) is 48.5 Å². The van der Waals surface area contributed by atoms with Gasteiger partial charge in [0.25, 0.3) is 0 Å². The number of aryl methyl sites for hydroxylation is 1. The zero-order valence-electron chi connectivity index (χ0n) is 9.72. The molecule has 2 heteroatoms. The van der Waals surface area contributed by atoms with Crippen molar-refractivity contribution < 1.29 is 0 Å². The molecule has 1 atom stereocenters. The summed E-state index contributed by atoms with van der Waals surface area (Å²) in [5, 5.41) is 9.35. The van der Waals surface area contributed by atoms with Crippen LogP contribution in [0.2, 0.25) is 0 Å². The molecule has 1 unspecified atom stereocenters. The van der Waals surface area contributed by atoms with E-state index in [0.29, 0.717) is 0 Å². The number of benzene rings is 2. The first-order valence-corrected chi connectivity index (χ1v) is 5.53. The fourth-order valence-corrected chi connectivity index (χ4v) is 1.99. The maximum absolute atomic E-state index is 9.35. The van der Waals surface area contributed by atoms with Crippen LogP contribution in [0.4, 0.5) is 5.69 Å². The van der Waals surface area contributed by atoms with Crippen LogP contribution in [0.3, 0.4) is 0 Å².